The summed E-state index contributed by atoms with van der Waals surface area (Å²) in [5.41, 5.74) is 8.46. The van der Waals surface area contributed by atoms with Crippen LogP contribution in [-0.4, -0.2) is 39.1 Å². The largest absolute Gasteiger partial charge is 0.366 e. The molecule has 0 unspecified atom stereocenters. The van der Waals surface area contributed by atoms with Gasteiger partial charge in [-0.2, -0.15) is 0 Å². The summed E-state index contributed by atoms with van der Waals surface area (Å²) >= 11 is 2.51. The summed E-state index contributed by atoms with van der Waals surface area (Å²) in [6.07, 6.45) is 0. The average Bonchev–Trinajstić information content (AvgIpc) is 2.76. The van der Waals surface area contributed by atoms with Crippen molar-refractivity contribution in [2.24, 2.45) is 5.73 Å². The minimum absolute atomic E-state index is 0.00167. The molecule has 0 aliphatic rings. The van der Waals surface area contributed by atoms with Crippen molar-refractivity contribution < 1.29 is 14.4 Å². The number of nitrogens with two attached hydrogens (primary N) is 1. The van der Waals surface area contributed by atoms with E-state index < -0.39 is 5.91 Å². The van der Waals surface area contributed by atoms with Crippen molar-refractivity contribution in [3.8, 4) is 0 Å². The van der Waals surface area contributed by atoms with Crippen LogP contribution in [0.4, 0.5) is 5.69 Å². The molecule has 2 amide bonds. The highest BCUT2D eigenvalue weighted by atomic mass is 32.2. The van der Waals surface area contributed by atoms with E-state index >= 15 is 0 Å². The van der Waals surface area contributed by atoms with Crippen molar-refractivity contribution in [1.82, 2.24) is 9.97 Å². The monoisotopic (exact) mass is 466 g/mol. The summed E-state index contributed by atoms with van der Waals surface area (Å²) in [7, 11) is 0. The number of nitrogens with one attached hydrogen (secondary N) is 1. The Labute approximate surface area is 194 Å². The zero-order chi connectivity index (χ0) is 23.1. The van der Waals surface area contributed by atoms with E-state index in [1.165, 1.54) is 23.5 Å². The van der Waals surface area contributed by atoms with Crippen molar-refractivity contribution in [2.75, 3.05) is 16.8 Å². The van der Waals surface area contributed by atoms with E-state index in [1.54, 1.807) is 30.3 Å². The van der Waals surface area contributed by atoms with E-state index in [1.807, 2.05) is 38.1 Å². The number of Topliss-reactive ketones (excluding diaryl/α,β-unsaturated/α-hetero) is 1. The summed E-state index contributed by atoms with van der Waals surface area (Å²) in [5.74, 6) is -0.580. The number of hydrogen-bond acceptors (Lipinski definition) is 7. The topological polar surface area (TPSA) is 115 Å². The maximum Gasteiger partial charge on any atom is 0.250 e. The van der Waals surface area contributed by atoms with E-state index in [0.717, 1.165) is 11.3 Å². The second kappa shape index (κ2) is 10.9. The van der Waals surface area contributed by atoms with Crippen molar-refractivity contribution in [1.29, 1.82) is 0 Å². The lowest BCUT2D eigenvalue weighted by atomic mass is 10.1. The Kier molecular flexibility index (Phi) is 8.02. The third-order valence-electron chi connectivity index (χ3n) is 4.33. The van der Waals surface area contributed by atoms with E-state index in [0.29, 0.717) is 21.4 Å². The van der Waals surface area contributed by atoms with Crippen LogP contribution < -0.4 is 11.1 Å². The minimum atomic E-state index is -0.609. The number of thioether (sulfide) groups is 2. The first kappa shape index (κ1) is 23.5. The fourth-order valence-electron chi connectivity index (χ4n) is 2.74. The second-order valence-electron chi connectivity index (χ2n) is 6.95. The number of aromatic nitrogens is 2. The van der Waals surface area contributed by atoms with Gasteiger partial charge in [0.1, 0.15) is 5.03 Å². The van der Waals surface area contributed by atoms with Crippen LogP contribution in [0, 0.1) is 13.8 Å². The van der Waals surface area contributed by atoms with Gasteiger partial charge in [-0.1, -0.05) is 65.5 Å². The molecule has 164 valence electrons. The van der Waals surface area contributed by atoms with Gasteiger partial charge in [0, 0.05) is 11.3 Å². The third kappa shape index (κ3) is 6.66. The summed E-state index contributed by atoms with van der Waals surface area (Å²) < 4.78 is 0. The molecule has 1 aromatic heterocycles. The Hall–Kier alpha value is -3.17. The molecule has 3 rings (SSSR count). The molecule has 0 saturated heterocycles. The summed E-state index contributed by atoms with van der Waals surface area (Å²) in [5, 5.41) is 3.80. The molecule has 7 nitrogen and oxygen atoms in total. The molecule has 1 heterocycles. The maximum absolute atomic E-state index is 12.4. The number of benzene rings is 2. The number of ketones is 1. The molecule has 3 aromatic rings. The van der Waals surface area contributed by atoms with Crippen molar-refractivity contribution in [3.05, 3.63) is 77.0 Å². The van der Waals surface area contributed by atoms with E-state index in [-0.39, 0.29) is 28.8 Å². The molecular formula is C23H22N4O3S2. The first-order valence-electron chi connectivity index (χ1n) is 9.71. The van der Waals surface area contributed by atoms with Gasteiger partial charge in [-0.25, -0.2) is 9.97 Å². The van der Waals surface area contributed by atoms with Gasteiger partial charge < -0.3 is 11.1 Å². The van der Waals surface area contributed by atoms with Crippen LogP contribution >= 0.6 is 23.5 Å². The van der Waals surface area contributed by atoms with Crippen LogP contribution in [0.25, 0.3) is 0 Å². The first-order valence-corrected chi connectivity index (χ1v) is 11.7. The molecule has 0 radical (unpaired) electrons. The Morgan fingerprint density at radius 2 is 1.66 bits per heavy atom. The Balaban J connectivity index is 1.58. The van der Waals surface area contributed by atoms with Gasteiger partial charge in [0.25, 0.3) is 5.91 Å². The molecule has 0 aliphatic carbocycles. The van der Waals surface area contributed by atoms with Gasteiger partial charge in [0.2, 0.25) is 5.91 Å². The quantitative estimate of drug-likeness (QED) is 0.213. The lowest BCUT2D eigenvalue weighted by Crippen LogP contribution is -2.19. The van der Waals surface area contributed by atoms with E-state index in [9.17, 15) is 14.4 Å². The highest BCUT2D eigenvalue weighted by Gasteiger charge is 2.13. The second-order valence-corrected chi connectivity index (χ2v) is 8.89. The number of carbonyl (C=O) groups excluding carboxylic acids is 3. The third-order valence-corrected chi connectivity index (χ3v) is 6.09. The normalized spacial score (nSPS) is 10.6. The van der Waals surface area contributed by atoms with Gasteiger partial charge in [0.05, 0.1) is 22.8 Å². The fraction of sp³-hybridized carbons (Fsp3) is 0.174. The SMILES string of the molecule is Cc1ccc(C(=O)CSc2nc(C)cc(SCC(=O)Nc3ccccc3C(N)=O)n2)cc1. The lowest BCUT2D eigenvalue weighted by molar-refractivity contribution is -0.113. The molecule has 2 aromatic carbocycles. The highest BCUT2D eigenvalue weighted by molar-refractivity contribution is 8.00. The molecule has 0 aliphatic heterocycles. The fourth-order valence-corrected chi connectivity index (χ4v) is 4.35. The van der Waals surface area contributed by atoms with Gasteiger partial charge >= 0.3 is 0 Å². The maximum atomic E-state index is 12.4. The number of rotatable bonds is 9. The van der Waals surface area contributed by atoms with Gasteiger partial charge in [-0.3, -0.25) is 14.4 Å². The number of primary amides is 1. The van der Waals surface area contributed by atoms with E-state index in [4.69, 9.17) is 5.73 Å². The zero-order valence-corrected chi connectivity index (χ0v) is 19.3. The molecule has 9 heteroatoms. The molecule has 0 fully saturated rings. The number of aryl methyl sites for hydroxylation is 2. The van der Waals surface area contributed by atoms with Crippen molar-refractivity contribution >= 4 is 46.8 Å². The smallest absolute Gasteiger partial charge is 0.250 e. The number of amides is 2. The highest BCUT2D eigenvalue weighted by Crippen LogP contribution is 2.22. The molecule has 3 N–H and O–H groups in total. The molecule has 0 atom stereocenters. The number of anilines is 1. The Morgan fingerprint density at radius 1 is 0.938 bits per heavy atom. The number of nitrogens with zero attached hydrogens (tertiary/aromatic N) is 2. The summed E-state index contributed by atoms with van der Waals surface area (Å²) in [6, 6.07) is 15.8. The van der Waals surface area contributed by atoms with Crippen LogP contribution in [0.3, 0.4) is 0 Å². The zero-order valence-electron chi connectivity index (χ0n) is 17.6. The van der Waals surface area contributed by atoms with E-state index in [2.05, 4.69) is 15.3 Å². The lowest BCUT2D eigenvalue weighted by Gasteiger charge is -2.09. The van der Waals surface area contributed by atoms with Crippen molar-refractivity contribution in [3.63, 3.8) is 0 Å². The predicted octanol–water partition coefficient (Wildman–Crippen LogP) is 3.90. The predicted molar refractivity (Wildman–Crippen MR) is 127 cm³/mol. The van der Waals surface area contributed by atoms with Crippen LogP contribution in [0.1, 0.15) is 32.0 Å². The average molecular weight is 467 g/mol. The number of carbonyl (C=O) groups is 3. The Morgan fingerprint density at radius 3 is 2.38 bits per heavy atom. The van der Waals surface area contributed by atoms with Gasteiger partial charge in [-0.05, 0) is 32.0 Å². The van der Waals surface area contributed by atoms with Crippen LogP contribution in [0.15, 0.2) is 64.8 Å². The molecule has 0 saturated carbocycles. The molecule has 32 heavy (non-hydrogen) atoms. The van der Waals surface area contributed by atoms with Crippen LogP contribution in [0.2, 0.25) is 0 Å². The summed E-state index contributed by atoms with van der Waals surface area (Å²) in [4.78, 5) is 45.1. The Bertz CT molecular complexity index is 1150. The van der Waals surface area contributed by atoms with Gasteiger partial charge in [0.15, 0.2) is 10.9 Å². The first-order chi connectivity index (χ1) is 15.3. The van der Waals surface area contributed by atoms with Crippen LogP contribution in [-0.2, 0) is 4.79 Å². The minimum Gasteiger partial charge on any atom is -0.366 e. The van der Waals surface area contributed by atoms with Crippen LogP contribution in [0.5, 0.6) is 0 Å². The number of para-hydroxylation sites is 1. The molecule has 0 bridgehead atoms. The standard InChI is InChI=1S/C23H22N4O3S2/c1-14-7-9-16(10-8-14)19(28)12-32-23-25-15(2)11-21(27-23)31-13-20(29)26-18-6-4-3-5-17(18)22(24)30/h3-11H,12-13H2,1-2H3,(H2,24,30)(H,26,29). The molecule has 0 spiro atoms. The summed E-state index contributed by atoms with van der Waals surface area (Å²) in [6.45, 7) is 3.81. The number of hydrogen-bond donors (Lipinski definition) is 2. The molecular weight excluding hydrogens is 444 g/mol. The van der Waals surface area contributed by atoms with Crippen molar-refractivity contribution in [2.45, 2.75) is 24.0 Å². The van der Waals surface area contributed by atoms with Gasteiger partial charge in [-0.15, -0.1) is 0 Å².